The molecule has 7 heteroatoms. The Bertz CT molecular complexity index is 474. The smallest absolute Gasteiger partial charge is 0.400 e. The van der Waals surface area contributed by atoms with Crippen LogP contribution in [-0.4, -0.2) is 23.8 Å². The van der Waals surface area contributed by atoms with Crippen LogP contribution in [0.5, 0.6) is 0 Å². The molecule has 2 unspecified atom stereocenters. The molecule has 0 radical (unpaired) electrons. The normalized spacial score (nSPS) is 15.9. The van der Waals surface area contributed by atoms with E-state index >= 15 is 0 Å². The zero-order valence-corrected chi connectivity index (χ0v) is 11.3. The predicted molar refractivity (Wildman–Crippen MR) is 70.6 cm³/mol. The van der Waals surface area contributed by atoms with Gasteiger partial charge >= 0.3 is 6.18 Å². The quantitative estimate of drug-likeness (QED) is 0.338. The highest BCUT2D eigenvalue weighted by Gasteiger charge is 2.42. The highest BCUT2D eigenvalue weighted by Crippen LogP contribution is 2.27. The molecule has 0 aliphatic heterocycles. The summed E-state index contributed by atoms with van der Waals surface area (Å²) >= 11 is 0. The Morgan fingerprint density at radius 3 is 2.50 bits per heavy atom. The molecule has 0 heterocycles. The molecular formula is C13H18F3N3O. The van der Waals surface area contributed by atoms with Gasteiger partial charge < -0.3 is 16.3 Å². The topological polar surface area (TPSA) is 70.6 Å². The number of amidine groups is 1. The van der Waals surface area contributed by atoms with Crippen molar-refractivity contribution in [2.45, 2.75) is 26.1 Å². The van der Waals surface area contributed by atoms with Crippen molar-refractivity contribution in [1.29, 1.82) is 0 Å². The minimum Gasteiger partial charge on any atom is -0.409 e. The molecular weight excluding hydrogens is 271 g/mol. The first-order chi connectivity index (χ1) is 9.27. The van der Waals surface area contributed by atoms with Gasteiger partial charge in [0.25, 0.3) is 0 Å². The Kier molecular flexibility index (Phi) is 5.38. The zero-order valence-electron chi connectivity index (χ0n) is 11.3. The lowest BCUT2D eigenvalue weighted by molar-refractivity contribution is -0.155. The fourth-order valence-electron chi connectivity index (χ4n) is 1.93. The number of aryl methyl sites for hydroxylation is 1. The van der Waals surface area contributed by atoms with Crippen molar-refractivity contribution in [3.05, 3.63) is 35.4 Å². The Morgan fingerprint density at radius 2 is 2.00 bits per heavy atom. The monoisotopic (exact) mass is 289 g/mol. The molecule has 4 N–H and O–H groups in total. The number of nitrogens with zero attached hydrogens (tertiary/aromatic N) is 1. The van der Waals surface area contributed by atoms with Crippen molar-refractivity contribution in [3.63, 3.8) is 0 Å². The fraction of sp³-hybridized carbons (Fsp3) is 0.462. The predicted octanol–water partition coefficient (Wildman–Crippen LogP) is 2.57. The van der Waals surface area contributed by atoms with Gasteiger partial charge in [0, 0.05) is 12.6 Å². The van der Waals surface area contributed by atoms with Gasteiger partial charge in [-0.25, -0.2) is 0 Å². The van der Waals surface area contributed by atoms with Crippen LogP contribution in [0.2, 0.25) is 0 Å². The number of benzene rings is 1. The van der Waals surface area contributed by atoms with Crippen LogP contribution in [0.3, 0.4) is 0 Å². The molecule has 0 saturated heterocycles. The summed E-state index contributed by atoms with van der Waals surface area (Å²) in [4.78, 5) is 0. The summed E-state index contributed by atoms with van der Waals surface area (Å²) in [6.07, 6.45) is -4.56. The average molecular weight is 289 g/mol. The molecule has 0 fully saturated rings. The second-order valence-corrected chi connectivity index (χ2v) is 4.61. The molecule has 0 amide bonds. The molecule has 2 atom stereocenters. The molecule has 0 saturated carbocycles. The lowest BCUT2D eigenvalue weighted by Crippen LogP contribution is -2.43. The molecule has 1 aromatic carbocycles. The Morgan fingerprint density at radius 1 is 1.40 bits per heavy atom. The third kappa shape index (κ3) is 4.12. The maximum Gasteiger partial charge on any atom is 0.400 e. The Balaban J connectivity index is 2.76. The number of nitrogens with two attached hydrogens (primary N) is 1. The van der Waals surface area contributed by atoms with Crippen LogP contribution in [0.1, 0.15) is 24.1 Å². The van der Waals surface area contributed by atoms with Gasteiger partial charge in [-0.1, -0.05) is 29.4 Å². The molecule has 20 heavy (non-hydrogen) atoms. The minimum atomic E-state index is -4.56. The van der Waals surface area contributed by atoms with Gasteiger partial charge in [0.05, 0.1) is 0 Å². The van der Waals surface area contributed by atoms with Crippen molar-refractivity contribution in [3.8, 4) is 0 Å². The molecule has 0 aromatic heterocycles. The van der Waals surface area contributed by atoms with Gasteiger partial charge in [0.15, 0.2) is 5.84 Å². The third-order valence-corrected chi connectivity index (χ3v) is 3.15. The highest BCUT2D eigenvalue weighted by molar-refractivity contribution is 5.83. The van der Waals surface area contributed by atoms with Gasteiger partial charge in [0.2, 0.25) is 0 Å². The first-order valence-electron chi connectivity index (χ1n) is 6.10. The van der Waals surface area contributed by atoms with E-state index in [-0.39, 0.29) is 6.04 Å². The summed E-state index contributed by atoms with van der Waals surface area (Å²) in [5.74, 6) is -2.86. The molecule has 0 bridgehead atoms. The summed E-state index contributed by atoms with van der Waals surface area (Å²) in [5.41, 5.74) is 6.99. The second-order valence-electron chi connectivity index (χ2n) is 4.61. The number of rotatable bonds is 5. The molecule has 0 spiro atoms. The first-order valence-corrected chi connectivity index (χ1v) is 6.10. The number of alkyl halides is 3. The van der Waals surface area contributed by atoms with Crippen LogP contribution in [0.4, 0.5) is 13.2 Å². The van der Waals surface area contributed by atoms with Gasteiger partial charge in [-0.15, -0.1) is 0 Å². The summed E-state index contributed by atoms with van der Waals surface area (Å²) in [7, 11) is 0. The molecule has 1 rings (SSSR count). The van der Waals surface area contributed by atoms with Crippen LogP contribution in [0, 0.1) is 12.8 Å². The number of hydrogen-bond acceptors (Lipinski definition) is 3. The SMILES string of the molecule is Cc1ccccc1C(C)NCC(/C(N)=N/O)C(F)(F)F. The van der Waals surface area contributed by atoms with Crippen LogP contribution >= 0.6 is 0 Å². The van der Waals surface area contributed by atoms with Crippen molar-refractivity contribution in [2.75, 3.05) is 6.54 Å². The maximum atomic E-state index is 12.8. The number of hydrogen-bond donors (Lipinski definition) is 3. The van der Waals surface area contributed by atoms with Gasteiger partial charge in [-0.2, -0.15) is 13.2 Å². The van der Waals surface area contributed by atoms with Gasteiger partial charge in [-0.3, -0.25) is 0 Å². The van der Waals surface area contributed by atoms with E-state index in [0.29, 0.717) is 0 Å². The lowest BCUT2D eigenvalue weighted by atomic mass is 10.0. The van der Waals surface area contributed by atoms with E-state index in [0.717, 1.165) is 11.1 Å². The minimum absolute atomic E-state index is 0.271. The van der Waals surface area contributed by atoms with Gasteiger partial charge in [-0.05, 0) is 25.0 Å². The average Bonchev–Trinajstić information content (AvgIpc) is 2.37. The maximum absolute atomic E-state index is 12.8. The number of nitrogens with one attached hydrogen (secondary N) is 1. The van der Waals surface area contributed by atoms with Gasteiger partial charge in [0.1, 0.15) is 5.92 Å². The number of oxime groups is 1. The molecule has 1 aromatic rings. The lowest BCUT2D eigenvalue weighted by Gasteiger charge is -2.23. The van der Waals surface area contributed by atoms with Crippen LogP contribution in [0.15, 0.2) is 29.4 Å². The Hall–Kier alpha value is -1.76. The zero-order chi connectivity index (χ0) is 15.3. The van der Waals surface area contributed by atoms with Crippen molar-refractivity contribution < 1.29 is 18.4 Å². The van der Waals surface area contributed by atoms with E-state index < -0.39 is 24.5 Å². The summed E-state index contributed by atoms with van der Waals surface area (Å²) in [6, 6.07) is 7.15. The van der Waals surface area contributed by atoms with Crippen molar-refractivity contribution >= 4 is 5.84 Å². The number of halogens is 3. The van der Waals surface area contributed by atoms with E-state index in [1.165, 1.54) is 0 Å². The highest BCUT2D eigenvalue weighted by atomic mass is 19.4. The van der Waals surface area contributed by atoms with E-state index in [1.54, 1.807) is 6.92 Å². The summed E-state index contributed by atoms with van der Waals surface area (Å²) < 4.78 is 38.3. The fourth-order valence-corrected chi connectivity index (χ4v) is 1.93. The molecule has 0 aliphatic rings. The molecule has 112 valence electrons. The van der Waals surface area contributed by atoms with Crippen molar-refractivity contribution in [1.82, 2.24) is 5.32 Å². The molecule has 4 nitrogen and oxygen atoms in total. The third-order valence-electron chi connectivity index (χ3n) is 3.15. The Labute approximate surface area is 115 Å². The second kappa shape index (κ2) is 6.60. The largest absolute Gasteiger partial charge is 0.409 e. The van der Waals surface area contributed by atoms with Crippen LogP contribution in [-0.2, 0) is 0 Å². The van der Waals surface area contributed by atoms with E-state index in [9.17, 15) is 13.2 Å². The first kappa shape index (κ1) is 16.3. The van der Waals surface area contributed by atoms with Crippen LogP contribution in [0.25, 0.3) is 0 Å². The van der Waals surface area contributed by atoms with E-state index in [2.05, 4.69) is 10.5 Å². The van der Waals surface area contributed by atoms with Crippen LogP contribution < -0.4 is 11.1 Å². The van der Waals surface area contributed by atoms with E-state index in [1.807, 2.05) is 31.2 Å². The van der Waals surface area contributed by atoms with E-state index in [4.69, 9.17) is 10.9 Å². The standard InChI is InChI=1S/C13H18F3N3O/c1-8-5-3-4-6-10(8)9(2)18-7-11(12(17)19-20)13(14,15)16/h3-6,9,11,18,20H,7H2,1-2H3,(H2,17,19). The molecule has 0 aliphatic carbocycles. The summed E-state index contributed by atoms with van der Waals surface area (Å²) in [6.45, 7) is 3.20. The summed E-state index contributed by atoms with van der Waals surface area (Å²) in [5, 5.41) is 13.7. The van der Waals surface area contributed by atoms with Crippen molar-refractivity contribution in [2.24, 2.45) is 16.8 Å².